The zero-order valence-electron chi connectivity index (χ0n) is 13.1. The van der Waals surface area contributed by atoms with E-state index in [4.69, 9.17) is 0 Å². The SMILES string of the molecule is O=C(c1csc(CCc2ccccc2)n1)N1CCC(CO)CC1. The maximum atomic E-state index is 12.5. The van der Waals surface area contributed by atoms with Crippen LogP contribution in [0.2, 0.25) is 0 Å². The minimum Gasteiger partial charge on any atom is -0.396 e. The van der Waals surface area contributed by atoms with Gasteiger partial charge in [-0.15, -0.1) is 11.3 Å². The van der Waals surface area contributed by atoms with E-state index >= 15 is 0 Å². The van der Waals surface area contributed by atoms with Gasteiger partial charge in [0, 0.05) is 31.5 Å². The van der Waals surface area contributed by atoms with E-state index in [9.17, 15) is 9.90 Å². The van der Waals surface area contributed by atoms with Crippen LogP contribution in [0.1, 0.15) is 33.9 Å². The van der Waals surface area contributed by atoms with Crippen LogP contribution in [0.25, 0.3) is 0 Å². The van der Waals surface area contributed by atoms with E-state index in [-0.39, 0.29) is 12.5 Å². The fourth-order valence-electron chi connectivity index (χ4n) is 2.90. The average molecular weight is 330 g/mol. The van der Waals surface area contributed by atoms with Gasteiger partial charge >= 0.3 is 0 Å². The fraction of sp³-hybridized carbons (Fsp3) is 0.444. The van der Waals surface area contributed by atoms with Crippen LogP contribution in [0.5, 0.6) is 0 Å². The Morgan fingerprint density at radius 3 is 2.65 bits per heavy atom. The average Bonchev–Trinajstić information content (AvgIpc) is 3.09. The zero-order valence-corrected chi connectivity index (χ0v) is 14.0. The second-order valence-corrected chi connectivity index (χ2v) is 6.97. The summed E-state index contributed by atoms with van der Waals surface area (Å²) in [6, 6.07) is 10.3. The zero-order chi connectivity index (χ0) is 16.1. The number of aliphatic hydroxyl groups is 1. The number of piperidine rings is 1. The van der Waals surface area contributed by atoms with E-state index in [0.717, 1.165) is 43.8 Å². The molecule has 1 aromatic carbocycles. The van der Waals surface area contributed by atoms with Gasteiger partial charge in [0.05, 0.1) is 5.01 Å². The molecule has 1 fully saturated rings. The molecule has 1 aromatic heterocycles. The van der Waals surface area contributed by atoms with Crippen molar-refractivity contribution in [3.05, 3.63) is 52.0 Å². The summed E-state index contributed by atoms with van der Waals surface area (Å²) >= 11 is 1.57. The van der Waals surface area contributed by atoms with Gasteiger partial charge in [0.15, 0.2) is 0 Å². The normalized spacial score (nSPS) is 15.8. The van der Waals surface area contributed by atoms with Crippen molar-refractivity contribution in [2.24, 2.45) is 5.92 Å². The molecule has 122 valence electrons. The van der Waals surface area contributed by atoms with Gasteiger partial charge in [0.2, 0.25) is 0 Å². The maximum Gasteiger partial charge on any atom is 0.273 e. The molecule has 1 aliphatic heterocycles. The number of aryl methyl sites for hydroxylation is 2. The van der Waals surface area contributed by atoms with Crippen LogP contribution in [-0.4, -0.2) is 40.6 Å². The first-order chi connectivity index (χ1) is 11.3. The van der Waals surface area contributed by atoms with Crippen LogP contribution in [-0.2, 0) is 12.8 Å². The minimum atomic E-state index is 0.0311. The van der Waals surface area contributed by atoms with E-state index in [2.05, 4.69) is 17.1 Å². The van der Waals surface area contributed by atoms with Gasteiger partial charge in [0.1, 0.15) is 5.69 Å². The molecule has 2 heterocycles. The van der Waals surface area contributed by atoms with Crippen molar-refractivity contribution in [2.45, 2.75) is 25.7 Å². The van der Waals surface area contributed by atoms with Crippen molar-refractivity contribution < 1.29 is 9.90 Å². The molecule has 1 amide bonds. The number of aromatic nitrogens is 1. The first kappa shape index (κ1) is 16.1. The number of rotatable bonds is 5. The number of aliphatic hydroxyl groups excluding tert-OH is 1. The molecule has 4 nitrogen and oxygen atoms in total. The molecule has 0 saturated carbocycles. The second kappa shape index (κ2) is 7.70. The predicted molar refractivity (Wildman–Crippen MR) is 91.7 cm³/mol. The highest BCUT2D eigenvalue weighted by Crippen LogP contribution is 2.20. The van der Waals surface area contributed by atoms with Crippen molar-refractivity contribution in [3.63, 3.8) is 0 Å². The number of thiazole rings is 1. The van der Waals surface area contributed by atoms with Crippen LogP contribution < -0.4 is 0 Å². The van der Waals surface area contributed by atoms with Crippen LogP contribution in [0, 0.1) is 5.92 Å². The molecule has 3 rings (SSSR count). The molecule has 23 heavy (non-hydrogen) atoms. The Hall–Kier alpha value is -1.72. The molecule has 2 aromatic rings. The number of nitrogens with zero attached hydrogens (tertiary/aromatic N) is 2. The third kappa shape index (κ3) is 4.18. The molecule has 0 aliphatic carbocycles. The number of carbonyl (C=O) groups is 1. The van der Waals surface area contributed by atoms with E-state index in [1.807, 2.05) is 28.5 Å². The van der Waals surface area contributed by atoms with Crippen molar-refractivity contribution in [3.8, 4) is 0 Å². The largest absolute Gasteiger partial charge is 0.396 e. The number of hydrogen-bond donors (Lipinski definition) is 1. The number of hydrogen-bond acceptors (Lipinski definition) is 4. The Kier molecular flexibility index (Phi) is 5.41. The summed E-state index contributed by atoms with van der Waals surface area (Å²) in [5.41, 5.74) is 1.86. The molecule has 0 unspecified atom stereocenters. The molecule has 0 spiro atoms. The molecule has 5 heteroatoms. The summed E-state index contributed by atoms with van der Waals surface area (Å²) in [7, 11) is 0. The van der Waals surface area contributed by atoms with Crippen molar-refractivity contribution >= 4 is 17.2 Å². The molecular formula is C18H22N2O2S. The molecule has 1 aliphatic rings. The maximum absolute atomic E-state index is 12.5. The fourth-order valence-corrected chi connectivity index (χ4v) is 3.67. The highest BCUT2D eigenvalue weighted by Gasteiger charge is 2.24. The van der Waals surface area contributed by atoms with Gasteiger partial charge in [-0.2, -0.15) is 0 Å². The Morgan fingerprint density at radius 1 is 1.22 bits per heavy atom. The highest BCUT2D eigenvalue weighted by atomic mass is 32.1. The van der Waals surface area contributed by atoms with Gasteiger partial charge < -0.3 is 10.0 Å². The van der Waals surface area contributed by atoms with Gasteiger partial charge in [0.25, 0.3) is 5.91 Å². The smallest absolute Gasteiger partial charge is 0.273 e. The summed E-state index contributed by atoms with van der Waals surface area (Å²) in [5, 5.41) is 12.1. The Balaban J connectivity index is 1.55. The number of amides is 1. The van der Waals surface area contributed by atoms with Crippen LogP contribution in [0.4, 0.5) is 0 Å². The van der Waals surface area contributed by atoms with Gasteiger partial charge in [-0.25, -0.2) is 4.98 Å². The molecular weight excluding hydrogens is 308 g/mol. The third-order valence-corrected chi connectivity index (χ3v) is 5.31. The summed E-state index contributed by atoms with van der Waals surface area (Å²) in [6.07, 6.45) is 3.58. The van der Waals surface area contributed by atoms with Gasteiger partial charge in [-0.3, -0.25) is 4.79 Å². The minimum absolute atomic E-state index is 0.0311. The quantitative estimate of drug-likeness (QED) is 0.917. The predicted octanol–water partition coefficient (Wildman–Crippen LogP) is 2.77. The monoisotopic (exact) mass is 330 g/mol. The van der Waals surface area contributed by atoms with Crippen molar-refractivity contribution in [2.75, 3.05) is 19.7 Å². The van der Waals surface area contributed by atoms with Crippen LogP contribution in [0.15, 0.2) is 35.7 Å². The van der Waals surface area contributed by atoms with Gasteiger partial charge in [-0.1, -0.05) is 30.3 Å². The topological polar surface area (TPSA) is 53.4 Å². The summed E-state index contributed by atoms with van der Waals surface area (Å²) < 4.78 is 0. The number of likely N-dealkylation sites (tertiary alicyclic amines) is 1. The van der Waals surface area contributed by atoms with Crippen LogP contribution >= 0.6 is 11.3 Å². The van der Waals surface area contributed by atoms with Crippen LogP contribution in [0.3, 0.4) is 0 Å². The lowest BCUT2D eigenvalue weighted by molar-refractivity contribution is 0.0645. The molecule has 0 radical (unpaired) electrons. The van der Waals surface area contributed by atoms with Crippen molar-refractivity contribution in [1.82, 2.24) is 9.88 Å². The Morgan fingerprint density at radius 2 is 1.96 bits per heavy atom. The second-order valence-electron chi connectivity index (χ2n) is 6.03. The van der Waals surface area contributed by atoms with Gasteiger partial charge in [-0.05, 0) is 30.7 Å². The highest BCUT2D eigenvalue weighted by molar-refractivity contribution is 7.09. The summed E-state index contributed by atoms with van der Waals surface area (Å²) in [6.45, 7) is 1.67. The van der Waals surface area contributed by atoms with Crippen molar-refractivity contribution in [1.29, 1.82) is 0 Å². The summed E-state index contributed by atoms with van der Waals surface area (Å²) in [5.74, 6) is 0.375. The van der Waals surface area contributed by atoms with E-state index in [1.165, 1.54) is 5.56 Å². The molecule has 0 atom stereocenters. The number of carbonyl (C=O) groups excluding carboxylic acids is 1. The molecule has 0 bridgehead atoms. The third-order valence-electron chi connectivity index (χ3n) is 4.40. The van der Waals surface area contributed by atoms with E-state index in [0.29, 0.717) is 11.6 Å². The first-order valence-corrected chi connectivity index (χ1v) is 9.02. The van der Waals surface area contributed by atoms with E-state index in [1.54, 1.807) is 11.3 Å². The standard InChI is InChI=1S/C18H22N2O2S/c21-12-15-8-10-20(11-9-15)18(22)16-13-23-17(19-16)7-6-14-4-2-1-3-5-14/h1-5,13,15,21H,6-12H2. The number of benzene rings is 1. The first-order valence-electron chi connectivity index (χ1n) is 8.14. The Labute approximate surface area is 140 Å². The Bertz CT molecular complexity index is 633. The molecule has 1 saturated heterocycles. The van der Waals surface area contributed by atoms with E-state index < -0.39 is 0 Å². The summed E-state index contributed by atoms with van der Waals surface area (Å²) in [4.78, 5) is 18.9. The lowest BCUT2D eigenvalue weighted by Crippen LogP contribution is -2.39. The lowest BCUT2D eigenvalue weighted by Gasteiger charge is -2.30. The lowest BCUT2D eigenvalue weighted by atomic mass is 9.98. The molecule has 1 N–H and O–H groups in total.